The van der Waals surface area contributed by atoms with Gasteiger partial charge >= 0.3 is 0 Å². The number of hydrogen-bond acceptors (Lipinski definition) is 1. The number of benzene rings is 1. The minimum Gasteiger partial charge on any atom is -0.358 e. The van der Waals surface area contributed by atoms with Crippen LogP contribution in [0.2, 0.25) is 0 Å². The second-order valence-electron chi connectivity index (χ2n) is 5.50. The minimum absolute atomic E-state index is 0. The van der Waals surface area contributed by atoms with Crippen LogP contribution in [0.3, 0.4) is 0 Å². The molecule has 0 fully saturated rings. The minimum atomic E-state index is 0. The van der Waals surface area contributed by atoms with E-state index in [0.29, 0.717) is 0 Å². The molecule has 0 unspecified atom stereocenters. The number of likely N-dealkylation sites (N-methyl/N-ethyl adjacent to an activating group) is 1. The quantitative estimate of drug-likeness (QED) is 0.461. The largest absolute Gasteiger partial charge is 0.358 e. The molecule has 0 aliphatic carbocycles. The molecule has 0 N–H and O–H groups in total. The van der Waals surface area contributed by atoms with Crippen LogP contribution < -0.4 is 0 Å². The van der Waals surface area contributed by atoms with Gasteiger partial charge in [0.15, 0.2) is 0 Å². The first-order valence-electron chi connectivity index (χ1n) is 6.55. The molecular formula is C17H29NNiP-. The summed E-state index contributed by atoms with van der Waals surface area (Å²) in [6.45, 7) is 7.92. The molecule has 0 aliphatic heterocycles. The van der Waals surface area contributed by atoms with Gasteiger partial charge in [-0.05, 0) is 35.0 Å². The summed E-state index contributed by atoms with van der Waals surface area (Å²) in [5.41, 5.74) is 1.47. The van der Waals surface area contributed by atoms with Crippen molar-refractivity contribution in [1.29, 1.82) is 0 Å². The van der Waals surface area contributed by atoms with Gasteiger partial charge in [-0.15, -0.1) is 40.6 Å². The van der Waals surface area contributed by atoms with E-state index in [0.717, 1.165) is 13.0 Å². The molecule has 0 saturated heterocycles. The molecule has 2 rings (SSSR count). The smallest absolute Gasteiger partial charge is 0.0461 e. The van der Waals surface area contributed by atoms with Crippen LogP contribution >= 0.6 is 7.92 Å². The van der Waals surface area contributed by atoms with E-state index in [2.05, 4.69) is 75.4 Å². The molecule has 118 valence electrons. The molecule has 0 heterocycles. The van der Waals surface area contributed by atoms with Gasteiger partial charge in [0.1, 0.15) is 0 Å². The third kappa shape index (κ3) is 8.10. The monoisotopic (exact) mass is 336 g/mol. The Balaban J connectivity index is 0. The number of nitrogens with zero attached hydrogens (tertiary/aromatic N) is 1. The summed E-state index contributed by atoms with van der Waals surface area (Å²) in [7, 11) is 4.35. The summed E-state index contributed by atoms with van der Waals surface area (Å²) in [6.07, 6.45) is 1.14. The van der Waals surface area contributed by atoms with Crippen LogP contribution in [-0.4, -0.2) is 45.5 Å². The standard InChI is InChI=1S/C13H16N.C3H9P.CH3.Ni/c1-14(2)10-9-12-8-7-11-5-3-4-6-13(11)12;1-4(2)3;;/h3-8H,9-10H2,1-2H3;1-3H3;1H3;/q-1;;-1;/p+1. The molecule has 0 bridgehead atoms. The van der Waals surface area contributed by atoms with Crippen molar-refractivity contribution in [3.8, 4) is 0 Å². The third-order valence-electron chi connectivity index (χ3n) is 2.60. The first-order valence-corrected chi connectivity index (χ1v) is 9.55. The Labute approximate surface area is 136 Å². The summed E-state index contributed by atoms with van der Waals surface area (Å²) in [6, 6.07) is 13.0. The summed E-state index contributed by atoms with van der Waals surface area (Å²) < 4.78 is 0. The zero-order valence-electron chi connectivity index (χ0n) is 13.6. The molecule has 1 nitrogen and oxygen atoms in total. The van der Waals surface area contributed by atoms with Crippen molar-refractivity contribution in [2.45, 2.75) is 6.42 Å². The predicted octanol–water partition coefficient (Wildman–Crippen LogP) is 4.20. The summed E-state index contributed by atoms with van der Waals surface area (Å²) in [5, 5.41) is 2.77. The van der Waals surface area contributed by atoms with Crippen molar-refractivity contribution in [3.05, 3.63) is 49.4 Å². The number of hydrogen-bond donors (Lipinski definition) is 0. The second kappa shape index (κ2) is 11.4. The van der Waals surface area contributed by atoms with Crippen LogP contribution in [0.15, 0.2) is 36.4 Å². The van der Waals surface area contributed by atoms with Gasteiger partial charge in [-0.3, -0.25) is 0 Å². The van der Waals surface area contributed by atoms with E-state index in [1.165, 1.54) is 16.3 Å². The van der Waals surface area contributed by atoms with Gasteiger partial charge in [0.25, 0.3) is 0 Å². The molecule has 0 saturated carbocycles. The maximum Gasteiger partial charge on any atom is 0.0461 e. The first kappa shape index (κ1) is 22.0. The molecule has 0 spiro atoms. The van der Waals surface area contributed by atoms with Gasteiger partial charge < -0.3 is 12.3 Å². The Kier molecular flexibility index (Phi) is 12.5. The Morgan fingerprint density at radius 3 is 2.15 bits per heavy atom. The van der Waals surface area contributed by atoms with Crippen LogP contribution in [-0.2, 0) is 22.9 Å². The van der Waals surface area contributed by atoms with Gasteiger partial charge in [-0.25, -0.2) is 0 Å². The summed E-state index contributed by atoms with van der Waals surface area (Å²) >= 11 is 0. The van der Waals surface area contributed by atoms with Gasteiger partial charge in [0.05, 0.1) is 0 Å². The van der Waals surface area contributed by atoms with E-state index in [1.54, 1.807) is 0 Å². The van der Waals surface area contributed by atoms with Crippen molar-refractivity contribution >= 4 is 18.7 Å². The van der Waals surface area contributed by atoms with Crippen molar-refractivity contribution < 1.29 is 16.5 Å². The molecule has 0 radical (unpaired) electrons. The Hall–Kier alpha value is -0.286. The SMILES string of the molecule is CN(C)CC[c-]1ccc2ccccc21.C[PH+](C)C.[CH3-].[Ni]. The van der Waals surface area contributed by atoms with Gasteiger partial charge in [0.2, 0.25) is 0 Å². The number of rotatable bonds is 3. The first-order chi connectivity index (χ1) is 8.50. The van der Waals surface area contributed by atoms with Crippen LogP contribution in [0, 0.1) is 7.43 Å². The van der Waals surface area contributed by atoms with Crippen LogP contribution in [0.1, 0.15) is 5.56 Å². The molecular weight excluding hydrogens is 308 g/mol. The van der Waals surface area contributed by atoms with Crippen LogP contribution in [0.25, 0.3) is 10.8 Å². The molecule has 20 heavy (non-hydrogen) atoms. The summed E-state index contributed by atoms with van der Waals surface area (Å²) in [5.74, 6) is 0. The van der Waals surface area contributed by atoms with E-state index >= 15 is 0 Å². The summed E-state index contributed by atoms with van der Waals surface area (Å²) in [4.78, 5) is 2.22. The average molecular weight is 337 g/mol. The Bertz CT molecular complexity index is 460. The fraction of sp³-hybridized carbons (Fsp3) is 0.412. The molecule has 0 atom stereocenters. The maximum absolute atomic E-state index is 2.27. The van der Waals surface area contributed by atoms with Crippen molar-refractivity contribution in [3.63, 3.8) is 0 Å². The van der Waals surface area contributed by atoms with Crippen molar-refractivity contribution in [2.24, 2.45) is 0 Å². The van der Waals surface area contributed by atoms with Crippen LogP contribution in [0.5, 0.6) is 0 Å². The average Bonchev–Trinajstić information content (AvgIpc) is 2.69. The van der Waals surface area contributed by atoms with Crippen molar-refractivity contribution in [2.75, 3.05) is 40.6 Å². The normalized spacial score (nSPS) is 9.75. The van der Waals surface area contributed by atoms with E-state index in [1.807, 2.05) is 0 Å². The van der Waals surface area contributed by atoms with Gasteiger partial charge in [-0.2, -0.15) is 6.07 Å². The molecule has 3 heteroatoms. The zero-order chi connectivity index (χ0) is 13.5. The van der Waals surface area contributed by atoms with Gasteiger partial charge in [-0.1, -0.05) is 6.07 Å². The fourth-order valence-corrected chi connectivity index (χ4v) is 1.78. The molecule has 2 aromatic carbocycles. The molecule has 0 amide bonds. The van der Waals surface area contributed by atoms with Gasteiger partial charge in [0, 0.05) is 36.5 Å². The van der Waals surface area contributed by atoms with E-state index in [-0.39, 0.29) is 31.8 Å². The topological polar surface area (TPSA) is 3.24 Å². The van der Waals surface area contributed by atoms with E-state index in [4.69, 9.17) is 0 Å². The van der Waals surface area contributed by atoms with Crippen molar-refractivity contribution in [1.82, 2.24) is 4.90 Å². The second-order valence-corrected chi connectivity index (χ2v) is 8.50. The van der Waals surface area contributed by atoms with E-state index in [9.17, 15) is 0 Å². The van der Waals surface area contributed by atoms with Crippen LogP contribution in [0.4, 0.5) is 0 Å². The molecule has 0 aromatic heterocycles. The zero-order valence-corrected chi connectivity index (χ0v) is 15.6. The van der Waals surface area contributed by atoms with E-state index < -0.39 is 0 Å². The molecule has 2 aromatic rings. The Morgan fingerprint density at radius 2 is 1.60 bits per heavy atom. The third-order valence-corrected chi connectivity index (χ3v) is 2.60. The predicted molar refractivity (Wildman–Crippen MR) is 94.3 cm³/mol. The molecule has 0 aliphatic rings. The fourth-order valence-electron chi connectivity index (χ4n) is 1.78. The Morgan fingerprint density at radius 1 is 1.05 bits per heavy atom. The maximum atomic E-state index is 2.27. The number of fused-ring (bicyclic) bond motifs is 1.